The molecule has 226 valence electrons. The maximum absolute atomic E-state index is 14.9. The summed E-state index contributed by atoms with van der Waals surface area (Å²) >= 11 is 0. The number of alkyl halides is 3. The molecule has 10 heteroatoms. The van der Waals surface area contributed by atoms with Gasteiger partial charge in [0.25, 0.3) is 0 Å². The summed E-state index contributed by atoms with van der Waals surface area (Å²) in [6, 6.07) is 11.8. The lowest BCUT2D eigenvalue weighted by Gasteiger charge is -2.12. The quantitative estimate of drug-likeness (QED) is 0.129. The first-order valence-electron chi connectivity index (χ1n) is 13.3. The number of unbranched alkanes of at least 4 members (excludes halogenated alkanes) is 1. The van der Waals surface area contributed by atoms with Crippen molar-refractivity contribution in [3.63, 3.8) is 0 Å². The lowest BCUT2D eigenvalue weighted by Crippen LogP contribution is -2.03. The number of halogens is 9. The molecular formula is C33H25F9O. The minimum absolute atomic E-state index is 0.0194. The van der Waals surface area contributed by atoms with Crippen LogP contribution in [0.15, 0.2) is 66.7 Å². The van der Waals surface area contributed by atoms with Crippen LogP contribution in [0.2, 0.25) is 0 Å². The molecule has 0 spiro atoms. The van der Waals surface area contributed by atoms with E-state index in [0.29, 0.717) is 35.6 Å². The zero-order valence-corrected chi connectivity index (χ0v) is 22.8. The second-order valence-corrected chi connectivity index (χ2v) is 9.81. The summed E-state index contributed by atoms with van der Waals surface area (Å²) < 4.78 is 131. The average molecular weight is 609 g/mol. The van der Waals surface area contributed by atoms with Gasteiger partial charge in [0.2, 0.25) is 0 Å². The molecule has 4 aromatic rings. The Labute approximate surface area is 242 Å². The van der Waals surface area contributed by atoms with Crippen molar-refractivity contribution in [2.24, 2.45) is 0 Å². The maximum Gasteiger partial charge on any atom is 0.409 e. The van der Waals surface area contributed by atoms with E-state index in [1.165, 1.54) is 0 Å². The summed E-state index contributed by atoms with van der Waals surface area (Å²) in [5, 5.41) is 0. The summed E-state index contributed by atoms with van der Waals surface area (Å²) in [4.78, 5) is 0. The van der Waals surface area contributed by atoms with Crippen molar-refractivity contribution < 1.29 is 44.3 Å². The van der Waals surface area contributed by atoms with Crippen LogP contribution >= 0.6 is 0 Å². The molecule has 0 saturated carbocycles. The fourth-order valence-corrected chi connectivity index (χ4v) is 4.47. The zero-order valence-electron chi connectivity index (χ0n) is 22.8. The van der Waals surface area contributed by atoms with Crippen molar-refractivity contribution in [3.8, 4) is 28.0 Å². The Morgan fingerprint density at radius 2 is 1.21 bits per heavy atom. The van der Waals surface area contributed by atoms with Crippen molar-refractivity contribution in [1.29, 1.82) is 0 Å². The SMILES string of the molecule is CCCCOc1ccc(-c2cc(F)c(CCc3cc(F)c(-c4cc(F)c(/C=C/C(F)(F)F)c(F)c4)c(F)c3)c(F)c2)cc1. The van der Waals surface area contributed by atoms with Gasteiger partial charge in [-0.2, -0.15) is 13.2 Å². The second kappa shape index (κ2) is 13.4. The number of aryl methyl sites for hydroxylation is 1. The molecule has 0 amide bonds. The van der Waals surface area contributed by atoms with Gasteiger partial charge in [0, 0.05) is 17.2 Å². The fourth-order valence-electron chi connectivity index (χ4n) is 4.47. The Kier molecular flexibility index (Phi) is 9.88. The molecule has 0 bridgehead atoms. The van der Waals surface area contributed by atoms with Crippen LogP contribution in [-0.2, 0) is 12.8 Å². The highest BCUT2D eigenvalue weighted by Crippen LogP contribution is 2.32. The molecule has 0 aliphatic carbocycles. The number of benzene rings is 4. The monoisotopic (exact) mass is 608 g/mol. The second-order valence-electron chi connectivity index (χ2n) is 9.81. The molecule has 0 aliphatic rings. The van der Waals surface area contributed by atoms with Gasteiger partial charge in [-0.3, -0.25) is 0 Å². The highest BCUT2D eigenvalue weighted by molar-refractivity contribution is 5.68. The lowest BCUT2D eigenvalue weighted by atomic mass is 9.96. The Balaban J connectivity index is 1.50. The minimum atomic E-state index is -4.82. The van der Waals surface area contributed by atoms with Crippen molar-refractivity contribution in [2.45, 2.75) is 38.8 Å². The van der Waals surface area contributed by atoms with E-state index in [-0.39, 0.29) is 36.1 Å². The molecule has 0 fully saturated rings. The molecule has 1 nitrogen and oxygen atoms in total. The molecule has 0 saturated heterocycles. The molecular weight excluding hydrogens is 583 g/mol. The summed E-state index contributed by atoms with van der Waals surface area (Å²) in [7, 11) is 0. The number of ether oxygens (including phenoxy) is 1. The van der Waals surface area contributed by atoms with Crippen LogP contribution in [0.1, 0.15) is 36.5 Å². The molecule has 0 heterocycles. The van der Waals surface area contributed by atoms with Gasteiger partial charge in [-0.1, -0.05) is 25.5 Å². The highest BCUT2D eigenvalue weighted by Gasteiger charge is 2.24. The Morgan fingerprint density at radius 3 is 1.74 bits per heavy atom. The molecule has 0 unspecified atom stereocenters. The highest BCUT2D eigenvalue weighted by atomic mass is 19.4. The average Bonchev–Trinajstić information content (AvgIpc) is 2.91. The summed E-state index contributed by atoms with van der Waals surface area (Å²) in [5.41, 5.74) is -1.83. The maximum atomic E-state index is 14.9. The predicted octanol–water partition coefficient (Wildman–Crippen LogP) is 10.4. The first kappa shape index (κ1) is 31.7. The van der Waals surface area contributed by atoms with Crippen molar-refractivity contribution >= 4 is 6.08 Å². The minimum Gasteiger partial charge on any atom is -0.494 e. The van der Waals surface area contributed by atoms with Gasteiger partial charge in [0.15, 0.2) is 0 Å². The van der Waals surface area contributed by atoms with Crippen LogP contribution < -0.4 is 4.74 Å². The van der Waals surface area contributed by atoms with Crippen LogP contribution in [0.3, 0.4) is 0 Å². The smallest absolute Gasteiger partial charge is 0.409 e. The third kappa shape index (κ3) is 8.00. The van der Waals surface area contributed by atoms with Crippen LogP contribution in [0.25, 0.3) is 28.3 Å². The number of allylic oxidation sites excluding steroid dienone is 1. The van der Waals surface area contributed by atoms with Gasteiger partial charge in [-0.05, 0) is 96.1 Å². The molecule has 0 aromatic heterocycles. The van der Waals surface area contributed by atoms with E-state index in [1.54, 1.807) is 24.3 Å². The molecule has 4 rings (SSSR count). The van der Waals surface area contributed by atoms with E-state index in [1.807, 2.05) is 6.92 Å². The summed E-state index contributed by atoms with van der Waals surface area (Å²) in [6.07, 6.45) is -3.56. The summed E-state index contributed by atoms with van der Waals surface area (Å²) in [5.74, 6) is -6.40. The van der Waals surface area contributed by atoms with Crippen molar-refractivity contribution in [1.82, 2.24) is 0 Å². The van der Waals surface area contributed by atoms with Gasteiger partial charge in [-0.15, -0.1) is 0 Å². The van der Waals surface area contributed by atoms with Crippen LogP contribution in [0.5, 0.6) is 5.75 Å². The topological polar surface area (TPSA) is 9.23 Å². The fraction of sp³-hybridized carbons (Fsp3) is 0.212. The normalized spacial score (nSPS) is 11.9. The molecule has 0 N–H and O–H groups in total. The summed E-state index contributed by atoms with van der Waals surface area (Å²) in [6.45, 7) is 2.59. The zero-order chi connectivity index (χ0) is 31.3. The van der Waals surface area contributed by atoms with E-state index in [9.17, 15) is 39.5 Å². The standard InChI is InChI=1S/C33H25F9O/c1-2-3-12-43-23-7-5-20(6-8-23)21-15-26(34)24(27(35)16-21)9-4-19-13-30(38)32(31(39)14-19)22-17-28(36)25(29(37)18-22)10-11-33(40,41)42/h5-8,10-11,13-18H,2-4,9,12H2,1H3/b11-10+. The number of hydrogen-bond donors (Lipinski definition) is 0. The number of rotatable bonds is 10. The molecule has 0 atom stereocenters. The van der Waals surface area contributed by atoms with Crippen molar-refractivity contribution in [2.75, 3.05) is 6.61 Å². The third-order valence-corrected chi connectivity index (χ3v) is 6.67. The molecule has 4 aromatic carbocycles. The Bertz CT molecular complexity index is 1550. The third-order valence-electron chi connectivity index (χ3n) is 6.67. The first-order valence-corrected chi connectivity index (χ1v) is 13.3. The van der Waals surface area contributed by atoms with E-state index < -0.39 is 57.8 Å². The first-order chi connectivity index (χ1) is 20.4. The van der Waals surface area contributed by atoms with E-state index >= 15 is 0 Å². The van der Waals surface area contributed by atoms with E-state index in [4.69, 9.17) is 4.74 Å². The van der Waals surface area contributed by atoms with E-state index in [2.05, 4.69) is 0 Å². The van der Waals surface area contributed by atoms with Crippen LogP contribution in [-0.4, -0.2) is 12.8 Å². The van der Waals surface area contributed by atoms with Gasteiger partial charge in [-0.25, -0.2) is 26.3 Å². The van der Waals surface area contributed by atoms with Crippen LogP contribution in [0.4, 0.5) is 39.5 Å². The molecule has 43 heavy (non-hydrogen) atoms. The largest absolute Gasteiger partial charge is 0.494 e. The van der Waals surface area contributed by atoms with Crippen LogP contribution in [0, 0.1) is 34.9 Å². The number of hydrogen-bond acceptors (Lipinski definition) is 1. The van der Waals surface area contributed by atoms with Gasteiger partial charge in [0.05, 0.1) is 12.2 Å². The van der Waals surface area contributed by atoms with E-state index in [0.717, 1.165) is 37.1 Å². The predicted molar refractivity (Wildman–Crippen MR) is 146 cm³/mol. The molecule has 0 aliphatic heterocycles. The lowest BCUT2D eigenvalue weighted by molar-refractivity contribution is -0.0790. The Hall–Kier alpha value is -4.21. The molecule has 0 radical (unpaired) electrons. The Morgan fingerprint density at radius 1 is 0.651 bits per heavy atom. The van der Waals surface area contributed by atoms with Gasteiger partial charge < -0.3 is 4.74 Å². The van der Waals surface area contributed by atoms with Crippen molar-refractivity contribution in [3.05, 3.63) is 118 Å². The van der Waals surface area contributed by atoms with Gasteiger partial charge in [0.1, 0.15) is 40.7 Å². The van der Waals surface area contributed by atoms with Gasteiger partial charge >= 0.3 is 6.18 Å².